The molecule has 0 unspecified atom stereocenters. The first kappa shape index (κ1) is 12.1. The number of rotatable bonds is 4. The van der Waals surface area contributed by atoms with Gasteiger partial charge in [-0.3, -0.25) is 0 Å². The van der Waals surface area contributed by atoms with E-state index in [-0.39, 0.29) is 0 Å². The number of benzene rings is 1. The van der Waals surface area contributed by atoms with Gasteiger partial charge in [0.15, 0.2) is 0 Å². The summed E-state index contributed by atoms with van der Waals surface area (Å²) in [7, 11) is 2.08. The van der Waals surface area contributed by atoms with E-state index in [1.807, 2.05) is 0 Å². The lowest BCUT2D eigenvalue weighted by Gasteiger charge is -2.18. The molecule has 2 N–H and O–H groups in total. The van der Waals surface area contributed by atoms with Gasteiger partial charge in [-0.1, -0.05) is 17.7 Å². The monoisotopic (exact) mass is 247 g/mol. The van der Waals surface area contributed by atoms with Crippen LogP contribution in [0.3, 0.4) is 0 Å². The van der Waals surface area contributed by atoms with Crippen LogP contribution in [0, 0.1) is 6.92 Å². The van der Waals surface area contributed by atoms with E-state index >= 15 is 0 Å². The molecule has 0 saturated heterocycles. The average Bonchev–Trinajstić information content (AvgIpc) is 2.77. The van der Waals surface area contributed by atoms with Gasteiger partial charge < -0.3 is 10.6 Å². The maximum absolute atomic E-state index is 5.56. The Hall–Kier alpha value is -1.39. The Morgan fingerprint density at radius 2 is 2.00 bits per heavy atom. The fourth-order valence-corrected chi connectivity index (χ4v) is 2.31. The number of hydrogen-bond donors (Lipinski definition) is 1. The van der Waals surface area contributed by atoms with Gasteiger partial charge in [0.25, 0.3) is 0 Å². The van der Waals surface area contributed by atoms with Gasteiger partial charge in [-0.05, 0) is 19.1 Å². The second kappa shape index (κ2) is 5.29. The van der Waals surface area contributed by atoms with E-state index in [0.717, 1.165) is 17.2 Å². The minimum absolute atomic E-state index is 0.527. The number of anilines is 1. The third-order valence-corrected chi connectivity index (χ3v) is 3.57. The fraction of sp³-hybridized carbons (Fsp3) is 0.308. The highest BCUT2D eigenvalue weighted by atomic mass is 32.1. The molecule has 0 amide bonds. The molecule has 4 heteroatoms. The van der Waals surface area contributed by atoms with E-state index < -0.39 is 0 Å². The van der Waals surface area contributed by atoms with Gasteiger partial charge in [-0.25, -0.2) is 4.98 Å². The summed E-state index contributed by atoms with van der Waals surface area (Å²) < 4.78 is 0. The standard InChI is InChI=1S/C13H17N3S/c1-10-3-5-12(6-4-10)16(2)8-11-9-17-13(7-14)15-11/h3-6,9H,7-8,14H2,1-2H3. The number of aryl methyl sites for hydroxylation is 1. The number of nitrogens with two attached hydrogens (primary N) is 1. The third-order valence-electron chi connectivity index (χ3n) is 2.65. The Kier molecular flexibility index (Phi) is 3.76. The molecule has 1 heterocycles. The first-order valence-electron chi connectivity index (χ1n) is 5.60. The number of aromatic nitrogens is 1. The predicted molar refractivity (Wildman–Crippen MR) is 73.3 cm³/mol. The summed E-state index contributed by atoms with van der Waals surface area (Å²) in [5, 5.41) is 3.07. The van der Waals surface area contributed by atoms with Gasteiger partial charge in [-0.15, -0.1) is 11.3 Å². The number of nitrogens with zero attached hydrogens (tertiary/aromatic N) is 2. The summed E-state index contributed by atoms with van der Waals surface area (Å²) in [6, 6.07) is 8.51. The highest BCUT2D eigenvalue weighted by Crippen LogP contribution is 2.17. The highest BCUT2D eigenvalue weighted by Gasteiger charge is 2.05. The van der Waals surface area contributed by atoms with Crippen LogP contribution in [0.5, 0.6) is 0 Å². The molecule has 0 aliphatic heterocycles. The first-order valence-corrected chi connectivity index (χ1v) is 6.48. The Labute approximate surface area is 106 Å². The van der Waals surface area contributed by atoms with Gasteiger partial charge in [0.05, 0.1) is 12.2 Å². The molecule has 0 radical (unpaired) electrons. The van der Waals surface area contributed by atoms with Crippen LogP contribution in [0.25, 0.3) is 0 Å². The highest BCUT2D eigenvalue weighted by molar-refractivity contribution is 7.09. The zero-order valence-corrected chi connectivity index (χ0v) is 11.0. The number of thiazole rings is 1. The van der Waals surface area contributed by atoms with E-state index in [4.69, 9.17) is 5.73 Å². The van der Waals surface area contributed by atoms with Crippen molar-refractivity contribution in [1.82, 2.24) is 4.98 Å². The van der Waals surface area contributed by atoms with Crippen LogP contribution in [0.15, 0.2) is 29.6 Å². The molecule has 2 aromatic rings. The van der Waals surface area contributed by atoms with E-state index in [2.05, 4.69) is 53.5 Å². The Morgan fingerprint density at radius 3 is 2.59 bits per heavy atom. The molecule has 0 fully saturated rings. The molecule has 0 bridgehead atoms. The minimum Gasteiger partial charge on any atom is -0.369 e. The second-order valence-corrected chi connectivity index (χ2v) is 5.07. The molecule has 3 nitrogen and oxygen atoms in total. The maximum atomic E-state index is 5.56. The smallest absolute Gasteiger partial charge is 0.107 e. The van der Waals surface area contributed by atoms with Crippen LogP contribution in [0.1, 0.15) is 16.3 Å². The average molecular weight is 247 g/mol. The summed E-state index contributed by atoms with van der Waals surface area (Å²) in [4.78, 5) is 6.65. The van der Waals surface area contributed by atoms with Crippen LogP contribution < -0.4 is 10.6 Å². The number of hydrogen-bond acceptors (Lipinski definition) is 4. The van der Waals surface area contributed by atoms with Crippen LogP contribution in [0.4, 0.5) is 5.69 Å². The largest absolute Gasteiger partial charge is 0.369 e. The van der Waals surface area contributed by atoms with E-state index in [1.54, 1.807) is 11.3 Å². The Balaban J connectivity index is 2.05. The van der Waals surface area contributed by atoms with Gasteiger partial charge in [-0.2, -0.15) is 0 Å². The van der Waals surface area contributed by atoms with Crippen molar-refractivity contribution in [2.75, 3.05) is 11.9 Å². The van der Waals surface area contributed by atoms with Crippen LogP contribution in [-0.4, -0.2) is 12.0 Å². The van der Waals surface area contributed by atoms with Crippen molar-refractivity contribution in [3.63, 3.8) is 0 Å². The molecule has 0 saturated carbocycles. The lowest BCUT2D eigenvalue weighted by molar-refractivity contribution is 0.879. The first-order chi connectivity index (χ1) is 8.19. The maximum Gasteiger partial charge on any atom is 0.107 e. The van der Waals surface area contributed by atoms with Crippen LogP contribution in [0.2, 0.25) is 0 Å². The summed E-state index contributed by atoms with van der Waals surface area (Å²) >= 11 is 1.63. The second-order valence-electron chi connectivity index (χ2n) is 4.13. The topological polar surface area (TPSA) is 42.1 Å². The van der Waals surface area contributed by atoms with Crippen molar-refractivity contribution < 1.29 is 0 Å². The van der Waals surface area contributed by atoms with Gasteiger partial charge >= 0.3 is 0 Å². The molecule has 17 heavy (non-hydrogen) atoms. The normalized spacial score (nSPS) is 10.5. The molecule has 1 aromatic heterocycles. The van der Waals surface area contributed by atoms with Gasteiger partial charge in [0.1, 0.15) is 5.01 Å². The van der Waals surface area contributed by atoms with E-state index in [0.29, 0.717) is 6.54 Å². The molecule has 90 valence electrons. The van der Waals surface area contributed by atoms with Crippen molar-refractivity contribution in [2.24, 2.45) is 5.73 Å². The van der Waals surface area contributed by atoms with Crippen molar-refractivity contribution in [3.05, 3.63) is 45.9 Å². The van der Waals surface area contributed by atoms with Crippen molar-refractivity contribution >= 4 is 17.0 Å². The molecule has 2 rings (SSSR count). The third kappa shape index (κ3) is 3.05. The SMILES string of the molecule is Cc1ccc(N(C)Cc2csc(CN)n2)cc1. The lowest BCUT2D eigenvalue weighted by Crippen LogP contribution is -2.16. The summed E-state index contributed by atoms with van der Waals surface area (Å²) in [6.07, 6.45) is 0. The van der Waals surface area contributed by atoms with Gasteiger partial charge in [0, 0.05) is 24.7 Å². The predicted octanol–water partition coefficient (Wildman–Crippen LogP) is 2.55. The summed E-state index contributed by atoms with van der Waals surface area (Å²) in [5.41, 5.74) is 9.12. The molecule has 0 atom stereocenters. The molecule has 0 aliphatic carbocycles. The zero-order valence-electron chi connectivity index (χ0n) is 10.2. The molecule has 1 aromatic carbocycles. The van der Waals surface area contributed by atoms with E-state index in [1.165, 1.54) is 11.3 Å². The van der Waals surface area contributed by atoms with E-state index in [9.17, 15) is 0 Å². The molecule has 0 spiro atoms. The summed E-state index contributed by atoms with van der Waals surface area (Å²) in [6.45, 7) is 3.44. The van der Waals surface area contributed by atoms with Crippen molar-refractivity contribution in [2.45, 2.75) is 20.0 Å². The minimum atomic E-state index is 0.527. The van der Waals surface area contributed by atoms with Crippen LogP contribution >= 0.6 is 11.3 Å². The molecular weight excluding hydrogens is 230 g/mol. The van der Waals surface area contributed by atoms with Crippen molar-refractivity contribution in [3.8, 4) is 0 Å². The Morgan fingerprint density at radius 1 is 1.29 bits per heavy atom. The van der Waals surface area contributed by atoms with Gasteiger partial charge in [0.2, 0.25) is 0 Å². The molecule has 0 aliphatic rings. The van der Waals surface area contributed by atoms with Crippen molar-refractivity contribution in [1.29, 1.82) is 0 Å². The van der Waals surface area contributed by atoms with Crippen LogP contribution in [-0.2, 0) is 13.1 Å². The Bertz CT molecular complexity index is 476. The fourth-order valence-electron chi connectivity index (χ4n) is 1.65. The molecular formula is C13H17N3S. The zero-order chi connectivity index (χ0) is 12.3. The quantitative estimate of drug-likeness (QED) is 0.903. The lowest BCUT2D eigenvalue weighted by atomic mass is 10.2. The summed E-state index contributed by atoms with van der Waals surface area (Å²) in [5.74, 6) is 0.